The fourth-order valence-corrected chi connectivity index (χ4v) is 3.88. The van der Waals surface area contributed by atoms with Gasteiger partial charge in [0.2, 0.25) is 0 Å². The second-order valence-corrected chi connectivity index (χ2v) is 6.47. The molecule has 1 aromatic rings. The van der Waals surface area contributed by atoms with Gasteiger partial charge in [0.15, 0.2) is 0 Å². The summed E-state index contributed by atoms with van der Waals surface area (Å²) < 4.78 is 3.90. The fourth-order valence-electron chi connectivity index (χ4n) is 2.38. The van der Waals surface area contributed by atoms with E-state index in [0.717, 1.165) is 17.4 Å². The number of amides is 1. The first-order valence-corrected chi connectivity index (χ1v) is 8.22. The zero-order valence-corrected chi connectivity index (χ0v) is 13.1. The molecule has 2 unspecified atom stereocenters. The van der Waals surface area contributed by atoms with Crippen LogP contribution in [-0.2, 0) is 0 Å². The Balaban J connectivity index is 2.05. The maximum atomic E-state index is 12.3. The first kappa shape index (κ1) is 13.9. The third-order valence-electron chi connectivity index (χ3n) is 3.44. The molecule has 18 heavy (non-hydrogen) atoms. The van der Waals surface area contributed by atoms with Gasteiger partial charge in [-0.3, -0.25) is 4.79 Å². The van der Waals surface area contributed by atoms with Crippen LogP contribution in [-0.4, -0.2) is 26.9 Å². The van der Waals surface area contributed by atoms with Crippen molar-refractivity contribution in [2.45, 2.75) is 45.1 Å². The first-order chi connectivity index (χ1) is 8.63. The van der Waals surface area contributed by atoms with E-state index in [1.807, 2.05) is 13.8 Å². The first-order valence-electron chi connectivity index (χ1n) is 6.32. The quantitative estimate of drug-likeness (QED) is 0.863. The van der Waals surface area contributed by atoms with E-state index in [-0.39, 0.29) is 11.8 Å². The highest BCUT2D eigenvalue weighted by molar-refractivity contribution is 9.09. The Morgan fingerprint density at radius 1 is 1.56 bits per heavy atom. The van der Waals surface area contributed by atoms with Gasteiger partial charge in [0, 0.05) is 11.4 Å². The van der Waals surface area contributed by atoms with Gasteiger partial charge in [-0.05, 0) is 36.2 Å². The minimum absolute atomic E-state index is 0.00782. The molecule has 0 bridgehead atoms. The number of nitrogens with one attached hydrogen (secondary N) is 1. The van der Waals surface area contributed by atoms with Crippen molar-refractivity contribution in [1.82, 2.24) is 14.9 Å². The van der Waals surface area contributed by atoms with Crippen molar-refractivity contribution in [3.8, 4) is 0 Å². The van der Waals surface area contributed by atoms with Gasteiger partial charge in [0.25, 0.3) is 5.91 Å². The summed E-state index contributed by atoms with van der Waals surface area (Å²) in [5.74, 6) is 0.781. The molecule has 0 aromatic carbocycles. The molecule has 2 rings (SSSR count). The molecule has 1 fully saturated rings. The van der Waals surface area contributed by atoms with Crippen LogP contribution in [0.1, 0.15) is 54.4 Å². The number of rotatable bonds is 4. The molecule has 0 aliphatic heterocycles. The number of aromatic nitrogens is 2. The van der Waals surface area contributed by atoms with E-state index in [1.165, 1.54) is 24.4 Å². The number of hydrogen-bond acceptors (Lipinski definition) is 4. The van der Waals surface area contributed by atoms with Gasteiger partial charge >= 0.3 is 0 Å². The van der Waals surface area contributed by atoms with Crippen molar-refractivity contribution in [2.75, 3.05) is 5.33 Å². The lowest BCUT2D eigenvalue weighted by Crippen LogP contribution is -2.38. The minimum atomic E-state index is -0.00782. The maximum Gasteiger partial charge on any atom is 0.265 e. The zero-order valence-electron chi connectivity index (χ0n) is 10.6. The molecule has 1 amide bonds. The van der Waals surface area contributed by atoms with E-state index >= 15 is 0 Å². The Hall–Kier alpha value is -0.490. The van der Waals surface area contributed by atoms with E-state index in [4.69, 9.17) is 0 Å². The molecule has 1 saturated carbocycles. The standard InChI is InChI=1S/C12H18BrN3OS/c1-7(2)10-11(18-16-15-10)12(17)14-9-5-3-4-8(9)6-13/h7-9H,3-6H2,1-2H3,(H,14,17). The lowest BCUT2D eigenvalue weighted by molar-refractivity contribution is 0.0933. The number of carbonyl (C=O) groups is 1. The van der Waals surface area contributed by atoms with E-state index in [0.29, 0.717) is 16.8 Å². The van der Waals surface area contributed by atoms with Crippen molar-refractivity contribution >= 4 is 33.4 Å². The molecule has 4 nitrogen and oxygen atoms in total. The molecule has 1 aliphatic rings. The zero-order chi connectivity index (χ0) is 13.1. The van der Waals surface area contributed by atoms with Crippen LogP contribution < -0.4 is 5.32 Å². The van der Waals surface area contributed by atoms with Crippen LogP contribution in [0.2, 0.25) is 0 Å². The van der Waals surface area contributed by atoms with E-state index < -0.39 is 0 Å². The SMILES string of the molecule is CC(C)c1nnsc1C(=O)NC1CCCC1CBr. The van der Waals surface area contributed by atoms with Crippen molar-refractivity contribution in [1.29, 1.82) is 0 Å². The van der Waals surface area contributed by atoms with Crippen LogP contribution in [0.4, 0.5) is 0 Å². The summed E-state index contributed by atoms with van der Waals surface area (Å²) in [6, 6.07) is 0.291. The molecule has 1 heterocycles. The van der Waals surface area contributed by atoms with Crippen molar-refractivity contribution < 1.29 is 4.79 Å². The molecule has 0 radical (unpaired) electrons. The molecule has 2 atom stereocenters. The number of halogens is 1. The number of hydrogen-bond donors (Lipinski definition) is 1. The van der Waals surface area contributed by atoms with E-state index in [1.54, 1.807) is 0 Å². The summed E-state index contributed by atoms with van der Waals surface area (Å²) in [6.45, 7) is 4.06. The fraction of sp³-hybridized carbons (Fsp3) is 0.750. The Bertz CT molecular complexity index is 421. The summed E-state index contributed by atoms with van der Waals surface area (Å²) in [7, 11) is 0. The van der Waals surface area contributed by atoms with Crippen molar-refractivity contribution in [3.63, 3.8) is 0 Å². The van der Waals surface area contributed by atoms with Crippen LogP contribution in [0.3, 0.4) is 0 Å². The van der Waals surface area contributed by atoms with Crippen LogP contribution in [0, 0.1) is 5.92 Å². The van der Waals surface area contributed by atoms with Crippen molar-refractivity contribution in [2.24, 2.45) is 5.92 Å². The average Bonchev–Trinajstić information content (AvgIpc) is 2.96. The summed E-state index contributed by atoms with van der Waals surface area (Å²) in [5, 5.41) is 8.14. The van der Waals surface area contributed by atoms with Crippen LogP contribution in [0.25, 0.3) is 0 Å². The van der Waals surface area contributed by atoms with Gasteiger partial charge in [0.1, 0.15) is 4.88 Å². The van der Waals surface area contributed by atoms with Gasteiger partial charge in [-0.2, -0.15) is 0 Å². The molecule has 6 heteroatoms. The van der Waals surface area contributed by atoms with Gasteiger partial charge in [-0.1, -0.05) is 40.7 Å². The van der Waals surface area contributed by atoms with E-state index in [2.05, 4.69) is 30.8 Å². The lowest BCUT2D eigenvalue weighted by Gasteiger charge is -2.18. The molecule has 0 spiro atoms. The van der Waals surface area contributed by atoms with Gasteiger partial charge in [-0.25, -0.2) is 0 Å². The maximum absolute atomic E-state index is 12.3. The second-order valence-electron chi connectivity index (χ2n) is 5.07. The van der Waals surface area contributed by atoms with Crippen LogP contribution >= 0.6 is 27.5 Å². The molecule has 1 aromatic heterocycles. The Kier molecular flexibility index (Phi) is 4.72. The topological polar surface area (TPSA) is 54.9 Å². The predicted octanol–water partition coefficient (Wildman–Crippen LogP) is 2.95. The smallest absolute Gasteiger partial charge is 0.265 e. The Labute approximate surface area is 120 Å². The number of carbonyl (C=O) groups excluding carboxylic acids is 1. The second kappa shape index (κ2) is 6.10. The summed E-state index contributed by atoms with van der Waals surface area (Å²) in [6.07, 6.45) is 3.46. The highest BCUT2D eigenvalue weighted by Crippen LogP contribution is 2.28. The molecule has 100 valence electrons. The monoisotopic (exact) mass is 331 g/mol. The van der Waals surface area contributed by atoms with E-state index in [9.17, 15) is 4.79 Å². The minimum Gasteiger partial charge on any atom is -0.348 e. The molecule has 0 saturated heterocycles. The van der Waals surface area contributed by atoms with Crippen molar-refractivity contribution in [3.05, 3.63) is 10.6 Å². The van der Waals surface area contributed by atoms with Gasteiger partial charge < -0.3 is 5.32 Å². The average molecular weight is 332 g/mol. The normalized spacial score (nSPS) is 23.6. The largest absolute Gasteiger partial charge is 0.348 e. The summed E-state index contributed by atoms with van der Waals surface area (Å²) in [4.78, 5) is 12.9. The van der Waals surface area contributed by atoms with Gasteiger partial charge in [0.05, 0.1) is 5.69 Å². The van der Waals surface area contributed by atoms with Crippen LogP contribution in [0.5, 0.6) is 0 Å². The van der Waals surface area contributed by atoms with Gasteiger partial charge in [-0.15, -0.1) is 5.10 Å². The molecule has 1 N–H and O–H groups in total. The predicted molar refractivity (Wildman–Crippen MR) is 76.4 cm³/mol. The number of nitrogens with zero attached hydrogens (tertiary/aromatic N) is 2. The third kappa shape index (κ3) is 2.91. The Morgan fingerprint density at radius 3 is 3.00 bits per heavy atom. The highest BCUT2D eigenvalue weighted by Gasteiger charge is 2.29. The Morgan fingerprint density at radius 2 is 2.33 bits per heavy atom. The summed E-state index contributed by atoms with van der Waals surface area (Å²) >= 11 is 4.71. The molecule has 1 aliphatic carbocycles. The van der Waals surface area contributed by atoms with Crippen LogP contribution in [0.15, 0.2) is 0 Å². The summed E-state index contributed by atoms with van der Waals surface area (Å²) in [5.41, 5.74) is 0.811. The lowest BCUT2D eigenvalue weighted by atomic mass is 10.1. The molecular formula is C12H18BrN3OS. The molecular weight excluding hydrogens is 314 g/mol. The highest BCUT2D eigenvalue weighted by atomic mass is 79.9. The number of alkyl halides is 1. The third-order valence-corrected chi connectivity index (χ3v) is 5.01.